The van der Waals surface area contributed by atoms with Gasteiger partial charge in [0.25, 0.3) is 0 Å². The zero-order valence-corrected chi connectivity index (χ0v) is 12.7. The van der Waals surface area contributed by atoms with Gasteiger partial charge < -0.3 is 14.2 Å². The van der Waals surface area contributed by atoms with Crippen LogP contribution in [0.3, 0.4) is 0 Å². The highest BCUT2D eigenvalue weighted by molar-refractivity contribution is 7.79. The number of nitrogens with zero attached hydrogens (tertiary/aromatic N) is 2. The van der Waals surface area contributed by atoms with Gasteiger partial charge in [0.1, 0.15) is 5.60 Å². The van der Waals surface area contributed by atoms with E-state index in [1.807, 2.05) is 20.8 Å². The molecule has 1 rings (SSSR count). The van der Waals surface area contributed by atoms with Crippen LogP contribution in [0.2, 0.25) is 0 Å². The Morgan fingerprint density at radius 2 is 1.84 bits per heavy atom. The predicted octanol–water partition coefficient (Wildman–Crippen LogP) is 0.808. The van der Waals surface area contributed by atoms with E-state index in [2.05, 4.69) is 4.90 Å². The van der Waals surface area contributed by atoms with Gasteiger partial charge in [0.15, 0.2) is 0 Å². The highest BCUT2D eigenvalue weighted by atomic mass is 32.2. The van der Waals surface area contributed by atoms with Gasteiger partial charge in [-0.3, -0.25) is 9.11 Å². The summed E-state index contributed by atoms with van der Waals surface area (Å²) in [5, 5.41) is 0. The van der Waals surface area contributed by atoms with Gasteiger partial charge in [0, 0.05) is 31.9 Å². The molecule has 0 aliphatic carbocycles. The smallest absolute Gasteiger partial charge is 0.410 e. The van der Waals surface area contributed by atoms with Crippen LogP contribution in [0.25, 0.3) is 0 Å². The number of hydrogen-bond donors (Lipinski definition) is 0. The molecule has 0 radical (unpaired) electrons. The van der Waals surface area contributed by atoms with Crippen molar-refractivity contribution in [2.45, 2.75) is 32.8 Å². The second-order valence-electron chi connectivity index (χ2n) is 5.67. The van der Waals surface area contributed by atoms with Crippen LogP contribution in [-0.2, 0) is 15.8 Å². The summed E-state index contributed by atoms with van der Waals surface area (Å²) in [5.74, 6) is 0.201. The number of ether oxygens (including phenoxy) is 1. The fourth-order valence-electron chi connectivity index (χ4n) is 1.89. The van der Waals surface area contributed by atoms with E-state index in [4.69, 9.17) is 4.74 Å². The number of piperazine rings is 1. The van der Waals surface area contributed by atoms with Crippen LogP contribution in [0, 0.1) is 0 Å². The average Bonchev–Trinajstić information content (AvgIpc) is 2.27. The van der Waals surface area contributed by atoms with Crippen molar-refractivity contribution < 1.29 is 18.3 Å². The van der Waals surface area contributed by atoms with E-state index in [-0.39, 0.29) is 11.8 Å². The first-order valence-electron chi connectivity index (χ1n) is 6.54. The Balaban J connectivity index is 2.25. The summed E-state index contributed by atoms with van der Waals surface area (Å²) in [6.45, 7) is 9.12. The van der Waals surface area contributed by atoms with Crippen LogP contribution < -0.4 is 0 Å². The van der Waals surface area contributed by atoms with E-state index in [0.717, 1.165) is 19.6 Å². The molecule has 19 heavy (non-hydrogen) atoms. The van der Waals surface area contributed by atoms with E-state index < -0.39 is 16.7 Å². The Labute approximate surface area is 117 Å². The molecule has 1 saturated heterocycles. The van der Waals surface area contributed by atoms with Crippen LogP contribution >= 0.6 is 0 Å². The second kappa shape index (κ2) is 7.21. The van der Waals surface area contributed by atoms with E-state index in [9.17, 15) is 13.6 Å². The van der Waals surface area contributed by atoms with Crippen molar-refractivity contribution >= 4 is 17.2 Å². The SMILES string of the molecule is CC(C)(C)OC(=O)N1CCN(CCCS(=O)[O-])CC1. The molecule has 0 aromatic heterocycles. The first-order valence-corrected chi connectivity index (χ1v) is 7.78. The first-order chi connectivity index (χ1) is 8.78. The van der Waals surface area contributed by atoms with Gasteiger partial charge in [-0.1, -0.05) is 11.1 Å². The monoisotopic (exact) mass is 291 g/mol. The molecule has 1 atom stereocenters. The maximum absolute atomic E-state index is 11.8. The Hall–Kier alpha value is -0.660. The summed E-state index contributed by atoms with van der Waals surface area (Å²) in [5.41, 5.74) is -0.466. The lowest BCUT2D eigenvalue weighted by Gasteiger charge is -2.35. The van der Waals surface area contributed by atoms with Gasteiger partial charge in [0.05, 0.1) is 0 Å². The number of rotatable bonds is 4. The lowest BCUT2D eigenvalue weighted by molar-refractivity contribution is 0.0146. The van der Waals surface area contributed by atoms with Gasteiger partial charge in [-0.2, -0.15) is 0 Å². The number of carbonyl (C=O) groups is 1. The third-order valence-electron chi connectivity index (χ3n) is 2.81. The molecule has 0 N–H and O–H groups in total. The molecular weight excluding hydrogens is 268 g/mol. The minimum Gasteiger partial charge on any atom is -0.772 e. The molecule has 7 heteroatoms. The van der Waals surface area contributed by atoms with E-state index in [1.165, 1.54) is 0 Å². The van der Waals surface area contributed by atoms with Crippen molar-refractivity contribution in [1.82, 2.24) is 9.80 Å². The summed E-state index contributed by atoms with van der Waals surface area (Å²) >= 11 is -1.96. The summed E-state index contributed by atoms with van der Waals surface area (Å²) in [7, 11) is 0. The fourth-order valence-corrected chi connectivity index (χ4v) is 2.25. The maximum Gasteiger partial charge on any atom is 0.410 e. The number of carbonyl (C=O) groups excluding carboxylic acids is 1. The molecule has 1 fully saturated rings. The lowest BCUT2D eigenvalue weighted by Crippen LogP contribution is -2.50. The molecule has 1 aliphatic heterocycles. The van der Waals surface area contributed by atoms with Crippen LogP contribution in [0.5, 0.6) is 0 Å². The predicted molar refractivity (Wildman–Crippen MR) is 72.7 cm³/mol. The van der Waals surface area contributed by atoms with Crippen LogP contribution in [0.15, 0.2) is 0 Å². The Morgan fingerprint density at radius 3 is 2.32 bits per heavy atom. The fraction of sp³-hybridized carbons (Fsp3) is 0.917. The van der Waals surface area contributed by atoms with Crippen LogP contribution in [-0.4, -0.2) is 68.7 Å². The minimum atomic E-state index is -1.96. The van der Waals surface area contributed by atoms with E-state index in [0.29, 0.717) is 19.5 Å². The third kappa shape index (κ3) is 6.89. The van der Waals surface area contributed by atoms with Gasteiger partial charge in [-0.05, 0) is 33.7 Å². The summed E-state index contributed by atoms with van der Waals surface area (Å²) < 4.78 is 26.2. The molecule has 1 heterocycles. The van der Waals surface area contributed by atoms with Gasteiger partial charge in [-0.15, -0.1) is 0 Å². The Morgan fingerprint density at radius 1 is 1.26 bits per heavy atom. The quantitative estimate of drug-likeness (QED) is 0.717. The van der Waals surface area contributed by atoms with Crippen molar-refractivity contribution in [1.29, 1.82) is 0 Å². The normalized spacial score (nSPS) is 19.3. The molecular formula is C12H23N2O4S-. The molecule has 0 spiro atoms. The van der Waals surface area contributed by atoms with Crippen LogP contribution in [0.1, 0.15) is 27.2 Å². The van der Waals surface area contributed by atoms with Crippen molar-refractivity contribution in [2.24, 2.45) is 0 Å². The number of hydrogen-bond acceptors (Lipinski definition) is 5. The molecule has 1 amide bonds. The summed E-state index contributed by atoms with van der Waals surface area (Å²) in [6.07, 6.45) is 0.371. The summed E-state index contributed by atoms with van der Waals surface area (Å²) in [4.78, 5) is 15.7. The van der Waals surface area contributed by atoms with Crippen LogP contribution in [0.4, 0.5) is 4.79 Å². The zero-order chi connectivity index (χ0) is 14.5. The highest BCUT2D eigenvalue weighted by Crippen LogP contribution is 2.11. The molecule has 1 aliphatic rings. The lowest BCUT2D eigenvalue weighted by atomic mass is 10.2. The Kier molecular flexibility index (Phi) is 6.22. The Bertz CT molecular complexity index is 322. The van der Waals surface area contributed by atoms with E-state index in [1.54, 1.807) is 4.90 Å². The minimum absolute atomic E-state index is 0.201. The highest BCUT2D eigenvalue weighted by Gasteiger charge is 2.25. The zero-order valence-electron chi connectivity index (χ0n) is 11.9. The third-order valence-corrected chi connectivity index (χ3v) is 3.43. The van der Waals surface area contributed by atoms with Crippen molar-refractivity contribution in [3.05, 3.63) is 0 Å². The maximum atomic E-state index is 11.8. The molecule has 0 aromatic carbocycles. The standard InChI is InChI=1S/C12H24N2O4S/c1-12(2,3)18-11(15)14-8-6-13(7-9-14)5-4-10-19(16)17/h4-10H2,1-3H3,(H,16,17)/p-1. The van der Waals surface area contributed by atoms with Crippen molar-refractivity contribution in [3.8, 4) is 0 Å². The molecule has 0 saturated carbocycles. The average molecular weight is 291 g/mol. The molecule has 1 unspecified atom stereocenters. The van der Waals surface area contributed by atoms with E-state index >= 15 is 0 Å². The first kappa shape index (κ1) is 16.4. The van der Waals surface area contributed by atoms with Gasteiger partial charge >= 0.3 is 6.09 Å². The van der Waals surface area contributed by atoms with Crippen molar-refractivity contribution in [2.75, 3.05) is 38.5 Å². The molecule has 0 aromatic rings. The largest absolute Gasteiger partial charge is 0.772 e. The number of amides is 1. The molecule has 6 nitrogen and oxygen atoms in total. The van der Waals surface area contributed by atoms with Crippen molar-refractivity contribution in [3.63, 3.8) is 0 Å². The van der Waals surface area contributed by atoms with Gasteiger partial charge in [-0.25, -0.2) is 4.79 Å². The second-order valence-corrected chi connectivity index (χ2v) is 6.69. The molecule has 0 bridgehead atoms. The summed E-state index contributed by atoms with van der Waals surface area (Å²) in [6, 6.07) is 0. The molecule has 112 valence electrons. The topological polar surface area (TPSA) is 72.9 Å². The van der Waals surface area contributed by atoms with Gasteiger partial charge in [0.2, 0.25) is 0 Å².